The second-order valence-electron chi connectivity index (χ2n) is 3.57. The summed E-state index contributed by atoms with van der Waals surface area (Å²) in [7, 11) is 0. The van der Waals surface area contributed by atoms with E-state index in [4.69, 9.17) is 5.73 Å². The van der Waals surface area contributed by atoms with Gasteiger partial charge in [-0.15, -0.1) is 0 Å². The van der Waals surface area contributed by atoms with Crippen molar-refractivity contribution in [2.24, 2.45) is 5.73 Å². The molecule has 0 aromatic heterocycles. The zero-order valence-electron chi connectivity index (χ0n) is 9.12. The van der Waals surface area contributed by atoms with Gasteiger partial charge in [-0.2, -0.15) is 0 Å². The average molecular weight is 206 g/mol. The molecular weight excluding hydrogens is 188 g/mol. The molecule has 0 bridgehead atoms. The standard InChI is InChI=1S/C12H18N2O/c1-10(14-8-7-13)9-12(15)11-5-3-2-4-6-11/h2-3,5,9,14H,4,6-8,13H2,1H3/b10-9+. The molecule has 0 saturated heterocycles. The molecule has 15 heavy (non-hydrogen) atoms. The summed E-state index contributed by atoms with van der Waals surface area (Å²) in [6.07, 6.45) is 9.34. The van der Waals surface area contributed by atoms with E-state index < -0.39 is 0 Å². The largest absolute Gasteiger partial charge is 0.387 e. The van der Waals surface area contributed by atoms with E-state index in [-0.39, 0.29) is 5.78 Å². The number of allylic oxidation sites excluding steroid dienone is 6. The molecule has 1 rings (SSSR count). The van der Waals surface area contributed by atoms with Gasteiger partial charge in [-0.3, -0.25) is 4.79 Å². The van der Waals surface area contributed by atoms with E-state index in [1.54, 1.807) is 6.08 Å². The molecule has 0 saturated carbocycles. The summed E-state index contributed by atoms with van der Waals surface area (Å²) in [6.45, 7) is 3.16. The van der Waals surface area contributed by atoms with Crippen molar-refractivity contribution in [1.82, 2.24) is 5.32 Å². The Morgan fingerprint density at radius 2 is 2.47 bits per heavy atom. The maximum absolute atomic E-state index is 11.7. The van der Waals surface area contributed by atoms with Crippen LogP contribution in [0.5, 0.6) is 0 Å². The average Bonchev–Trinajstić information content (AvgIpc) is 2.27. The Labute approximate surface area is 90.7 Å². The number of nitrogens with one attached hydrogen (secondary N) is 1. The van der Waals surface area contributed by atoms with Crippen LogP contribution in [-0.2, 0) is 4.79 Å². The molecular formula is C12H18N2O. The molecule has 0 heterocycles. The second-order valence-corrected chi connectivity index (χ2v) is 3.57. The lowest BCUT2D eigenvalue weighted by Gasteiger charge is -2.07. The predicted octanol–water partition coefficient (Wildman–Crippen LogP) is 1.28. The highest BCUT2D eigenvalue weighted by molar-refractivity contribution is 6.04. The molecule has 3 nitrogen and oxygen atoms in total. The van der Waals surface area contributed by atoms with Crippen LogP contribution in [0, 0.1) is 0 Å². The zero-order chi connectivity index (χ0) is 11.1. The third kappa shape index (κ3) is 4.13. The minimum atomic E-state index is 0.0985. The van der Waals surface area contributed by atoms with Gasteiger partial charge in [0.1, 0.15) is 0 Å². The van der Waals surface area contributed by atoms with E-state index in [9.17, 15) is 4.79 Å². The highest BCUT2D eigenvalue weighted by atomic mass is 16.1. The first-order valence-electron chi connectivity index (χ1n) is 5.26. The maximum atomic E-state index is 11.7. The lowest BCUT2D eigenvalue weighted by Crippen LogP contribution is -2.21. The van der Waals surface area contributed by atoms with Crippen LogP contribution in [0.4, 0.5) is 0 Å². The molecule has 82 valence electrons. The third-order valence-corrected chi connectivity index (χ3v) is 2.23. The third-order valence-electron chi connectivity index (χ3n) is 2.23. The monoisotopic (exact) mass is 206 g/mol. The summed E-state index contributed by atoms with van der Waals surface area (Å²) in [5, 5.41) is 3.07. The van der Waals surface area contributed by atoms with E-state index in [1.807, 2.05) is 19.1 Å². The van der Waals surface area contributed by atoms with Crippen LogP contribution in [0.3, 0.4) is 0 Å². The van der Waals surface area contributed by atoms with Gasteiger partial charge in [0.05, 0.1) is 0 Å². The molecule has 0 aliphatic heterocycles. The predicted molar refractivity (Wildman–Crippen MR) is 62.3 cm³/mol. The van der Waals surface area contributed by atoms with Gasteiger partial charge in [-0.05, 0) is 25.3 Å². The van der Waals surface area contributed by atoms with Gasteiger partial charge in [0.2, 0.25) is 0 Å². The number of hydrogen-bond acceptors (Lipinski definition) is 3. The minimum Gasteiger partial charge on any atom is -0.387 e. The molecule has 0 unspecified atom stereocenters. The van der Waals surface area contributed by atoms with Gasteiger partial charge >= 0.3 is 0 Å². The summed E-state index contributed by atoms with van der Waals surface area (Å²) >= 11 is 0. The Bertz CT molecular complexity index is 314. The summed E-state index contributed by atoms with van der Waals surface area (Å²) in [5.41, 5.74) is 7.11. The van der Waals surface area contributed by atoms with E-state index in [0.29, 0.717) is 13.1 Å². The first-order valence-corrected chi connectivity index (χ1v) is 5.26. The SMILES string of the molecule is C/C(=C\C(=O)C1=CC=CCC1)NCCN. The molecule has 0 aromatic carbocycles. The van der Waals surface area contributed by atoms with Crippen LogP contribution in [0.1, 0.15) is 19.8 Å². The van der Waals surface area contributed by atoms with Gasteiger partial charge in [-0.25, -0.2) is 0 Å². The lowest BCUT2D eigenvalue weighted by molar-refractivity contribution is -0.111. The molecule has 1 aliphatic carbocycles. The zero-order valence-corrected chi connectivity index (χ0v) is 9.12. The Morgan fingerprint density at radius 3 is 3.07 bits per heavy atom. The molecule has 0 amide bonds. The molecule has 0 radical (unpaired) electrons. The molecule has 1 aliphatic rings. The highest BCUT2D eigenvalue weighted by Crippen LogP contribution is 2.13. The van der Waals surface area contributed by atoms with Crippen molar-refractivity contribution >= 4 is 5.78 Å². The Hall–Kier alpha value is -1.35. The number of hydrogen-bond donors (Lipinski definition) is 2. The van der Waals surface area contributed by atoms with Crippen molar-refractivity contribution < 1.29 is 4.79 Å². The number of carbonyl (C=O) groups is 1. The normalized spacial score (nSPS) is 16.1. The van der Waals surface area contributed by atoms with Crippen LogP contribution in [-0.4, -0.2) is 18.9 Å². The van der Waals surface area contributed by atoms with Crippen LogP contribution < -0.4 is 11.1 Å². The topological polar surface area (TPSA) is 55.1 Å². The summed E-state index contributed by atoms with van der Waals surface area (Å²) in [6, 6.07) is 0. The Morgan fingerprint density at radius 1 is 1.67 bits per heavy atom. The number of nitrogens with two attached hydrogens (primary N) is 1. The van der Waals surface area contributed by atoms with Crippen LogP contribution in [0.25, 0.3) is 0 Å². The molecule has 0 aromatic rings. The van der Waals surface area contributed by atoms with Gasteiger partial charge in [0.25, 0.3) is 0 Å². The Balaban J connectivity index is 2.53. The highest BCUT2D eigenvalue weighted by Gasteiger charge is 2.07. The van der Waals surface area contributed by atoms with Crippen molar-refractivity contribution in [2.45, 2.75) is 19.8 Å². The molecule has 0 atom stereocenters. The number of ketones is 1. The smallest absolute Gasteiger partial charge is 0.183 e. The van der Waals surface area contributed by atoms with Gasteiger partial charge in [-0.1, -0.05) is 18.2 Å². The lowest BCUT2D eigenvalue weighted by atomic mass is 10.0. The van der Waals surface area contributed by atoms with E-state index in [1.165, 1.54) is 0 Å². The molecule has 3 heteroatoms. The summed E-state index contributed by atoms with van der Waals surface area (Å²) in [4.78, 5) is 11.7. The quantitative estimate of drug-likeness (QED) is 0.666. The number of carbonyl (C=O) groups excluding carboxylic acids is 1. The van der Waals surface area contributed by atoms with E-state index in [2.05, 4.69) is 11.4 Å². The van der Waals surface area contributed by atoms with Gasteiger partial charge < -0.3 is 11.1 Å². The fourth-order valence-electron chi connectivity index (χ4n) is 1.42. The fourth-order valence-corrected chi connectivity index (χ4v) is 1.42. The van der Waals surface area contributed by atoms with Gasteiger partial charge in [0.15, 0.2) is 5.78 Å². The van der Waals surface area contributed by atoms with Crippen molar-refractivity contribution in [3.05, 3.63) is 35.6 Å². The molecule has 0 fully saturated rings. The van der Waals surface area contributed by atoms with E-state index in [0.717, 1.165) is 24.1 Å². The van der Waals surface area contributed by atoms with Crippen LogP contribution in [0.2, 0.25) is 0 Å². The summed E-state index contributed by atoms with van der Waals surface area (Å²) in [5.74, 6) is 0.0985. The number of rotatable bonds is 5. The molecule has 0 spiro atoms. The molecule has 3 N–H and O–H groups in total. The van der Waals surface area contributed by atoms with Crippen molar-refractivity contribution in [3.63, 3.8) is 0 Å². The first-order chi connectivity index (χ1) is 7.24. The van der Waals surface area contributed by atoms with Gasteiger partial charge in [0, 0.05) is 24.9 Å². The maximum Gasteiger partial charge on any atom is 0.183 e. The Kier molecular flexibility index (Phi) is 4.84. The summed E-state index contributed by atoms with van der Waals surface area (Å²) < 4.78 is 0. The second kappa shape index (κ2) is 6.19. The van der Waals surface area contributed by atoms with Crippen LogP contribution in [0.15, 0.2) is 35.6 Å². The van der Waals surface area contributed by atoms with Crippen molar-refractivity contribution in [2.75, 3.05) is 13.1 Å². The van der Waals surface area contributed by atoms with E-state index >= 15 is 0 Å². The fraction of sp³-hybridized carbons (Fsp3) is 0.417. The van der Waals surface area contributed by atoms with Crippen LogP contribution >= 0.6 is 0 Å². The van der Waals surface area contributed by atoms with Crippen molar-refractivity contribution in [1.29, 1.82) is 0 Å². The van der Waals surface area contributed by atoms with Crippen molar-refractivity contribution in [3.8, 4) is 0 Å². The minimum absolute atomic E-state index is 0.0985. The first kappa shape index (κ1) is 11.7.